The van der Waals surface area contributed by atoms with Crippen LogP contribution < -0.4 is 0 Å². The molecule has 2 atom stereocenters. The van der Waals surface area contributed by atoms with Gasteiger partial charge in [0.05, 0.1) is 5.92 Å². The van der Waals surface area contributed by atoms with Crippen LogP contribution in [-0.4, -0.2) is 11.6 Å². The van der Waals surface area contributed by atoms with Crippen LogP contribution in [0.5, 0.6) is 0 Å². The first-order valence-corrected chi connectivity index (χ1v) is 6.37. The molecule has 0 fully saturated rings. The molecule has 2 nitrogen and oxygen atoms in total. The molecule has 2 rings (SSSR count). The minimum atomic E-state index is -0.526. The minimum Gasteiger partial charge on any atom is -0.299 e. The van der Waals surface area contributed by atoms with E-state index in [-0.39, 0.29) is 17.5 Å². The molecular formula is C16H18O2. The van der Waals surface area contributed by atoms with Gasteiger partial charge in [-0.1, -0.05) is 49.0 Å². The first-order chi connectivity index (χ1) is 8.61. The Balaban J connectivity index is 2.18. The number of ketones is 2. The Morgan fingerprint density at radius 3 is 2.28 bits per heavy atom. The van der Waals surface area contributed by atoms with Crippen LogP contribution >= 0.6 is 0 Å². The van der Waals surface area contributed by atoms with Crippen LogP contribution in [-0.2, 0) is 9.59 Å². The predicted molar refractivity (Wildman–Crippen MR) is 72.0 cm³/mol. The molecule has 0 aromatic heterocycles. The molecule has 0 aromatic rings. The number of rotatable bonds is 5. The third kappa shape index (κ3) is 2.42. The van der Waals surface area contributed by atoms with Crippen molar-refractivity contribution in [2.45, 2.75) is 26.7 Å². The molecule has 0 heterocycles. The molecule has 0 saturated heterocycles. The van der Waals surface area contributed by atoms with Crippen molar-refractivity contribution in [1.82, 2.24) is 0 Å². The van der Waals surface area contributed by atoms with Crippen LogP contribution in [0.4, 0.5) is 0 Å². The average molecular weight is 242 g/mol. The quantitative estimate of drug-likeness (QED) is 0.694. The smallest absolute Gasteiger partial charge is 0.170 e. The summed E-state index contributed by atoms with van der Waals surface area (Å²) in [6, 6.07) is 0. The lowest BCUT2D eigenvalue weighted by Crippen LogP contribution is -2.30. The second-order valence-electron chi connectivity index (χ2n) is 4.94. The monoisotopic (exact) mass is 242 g/mol. The summed E-state index contributed by atoms with van der Waals surface area (Å²) in [5, 5.41) is 0. The highest BCUT2D eigenvalue weighted by molar-refractivity contribution is 6.10. The summed E-state index contributed by atoms with van der Waals surface area (Å²) in [6.45, 7) is 3.50. The summed E-state index contributed by atoms with van der Waals surface area (Å²) in [6.07, 6.45) is 13.2. The van der Waals surface area contributed by atoms with E-state index in [0.29, 0.717) is 6.42 Å². The molecule has 0 spiro atoms. The van der Waals surface area contributed by atoms with Gasteiger partial charge in [-0.25, -0.2) is 0 Å². The lowest BCUT2D eigenvalue weighted by atomic mass is 9.79. The third-order valence-electron chi connectivity index (χ3n) is 3.69. The molecule has 0 aliphatic heterocycles. The third-order valence-corrected chi connectivity index (χ3v) is 3.69. The van der Waals surface area contributed by atoms with Gasteiger partial charge in [0, 0.05) is 0 Å². The van der Waals surface area contributed by atoms with Gasteiger partial charge in [0.1, 0.15) is 5.78 Å². The summed E-state index contributed by atoms with van der Waals surface area (Å²) >= 11 is 0. The molecule has 2 aliphatic carbocycles. The fourth-order valence-electron chi connectivity index (χ4n) is 2.61. The maximum Gasteiger partial charge on any atom is 0.170 e. The van der Waals surface area contributed by atoms with Gasteiger partial charge in [-0.3, -0.25) is 9.59 Å². The first kappa shape index (κ1) is 12.7. The molecule has 2 heteroatoms. The van der Waals surface area contributed by atoms with Crippen molar-refractivity contribution in [1.29, 1.82) is 0 Å². The maximum absolute atomic E-state index is 12.4. The zero-order valence-electron chi connectivity index (χ0n) is 10.8. The van der Waals surface area contributed by atoms with Gasteiger partial charge in [-0.05, 0) is 31.3 Å². The lowest BCUT2D eigenvalue weighted by molar-refractivity contribution is -0.131. The molecular weight excluding hydrogens is 224 g/mol. The van der Waals surface area contributed by atoms with Gasteiger partial charge < -0.3 is 0 Å². The van der Waals surface area contributed by atoms with E-state index in [1.165, 1.54) is 12.5 Å². The van der Waals surface area contributed by atoms with Crippen LogP contribution in [0.3, 0.4) is 0 Å². The highest BCUT2D eigenvalue weighted by Crippen LogP contribution is 2.30. The molecule has 0 bridgehead atoms. The van der Waals surface area contributed by atoms with Gasteiger partial charge in [-0.15, -0.1) is 0 Å². The lowest BCUT2D eigenvalue weighted by Gasteiger charge is -2.22. The topological polar surface area (TPSA) is 34.1 Å². The number of carbonyl (C=O) groups excluding carboxylic acids is 2. The Hall–Kier alpha value is -1.70. The Bertz CT molecular complexity index is 489. The molecule has 2 aliphatic rings. The van der Waals surface area contributed by atoms with E-state index in [1.807, 2.05) is 37.3 Å². The van der Waals surface area contributed by atoms with Crippen molar-refractivity contribution in [3.63, 3.8) is 0 Å². The van der Waals surface area contributed by atoms with Crippen LogP contribution in [0.25, 0.3) is 0 Å². The standard InChI is InChI=1S/C16H18O2/c1-11(13-7-3-4-8-13)15(12(2)17)16(18)14-9-5-6-10-14/h3-7,9,11,15H,8,10H2,1-2H3. The maximum atomic E-state index is 12.4. The number of hydrogen-bond acceptors (Lipinski definition) is 2. The summed E-state index contributed by atoms with van der Waals surface area (Å²) in [5.41, 5.74) is 1.93. The number of allylic oxidation sites excluding steroid dienone is 8. The molecule has 0 aromatic carbocycles. The fraction of sp³-hybridized carbons (Fsp3) is 0.375. The van der Waals surface area contributed by atoms with Gasteiger partial charge in [0.25, 0.3) is 0 Å². The molecule has 0 N–H and O–H groups in total. The van der Waals surface area contributed by atoms with Crippen molar-refractivity contribution in [3.8, 4) is 0 Å². The van der Waals surface area contributed by atoms with Crippen molar-refractivity contribution in [3.05, 3.63) is 47.6 Å². The summed E-state index contributed by atoms with van der Waals surface area (Å²) in [4.78, 5) is 24.2. The Kier molecular flexibility index (Phi) is 3.75. The van der Waals surface area contributed by atoms with E-state index in [4.69, 9.17) is 0 Å². The van der Waals surface area contributed by atoms with Gasteiger partial charge in [0.2, 0.25) is 0 Å². The zero-order valence-corrected chi connectivity index (χ0v) is 10.8. The van der Waals surface area contributed by atoms with E-state index in [0.717, 1.165) is 12.0 Å². The van der Waals surface area contributed by atoms with Crippen molar-refractivity contribution in [2.24, 2.45) is 11.8 Å². The van der Waals surface area contributed by atoms with Gasteiger partial charge >= 0.3 is 0 Å². The first-order valence-electron chi connectivity index (χ1n) is 6.37. The SMILES string of the molecule is CC(=O)C(C(=O)C1=CC=CC1)C(C)C1=CC=CC1. The van der Waals surface area contributed by atoms with Crippen molar-refractivity contribution < 1.29 is 9.59 Å². The fourth-order valence-corrected chi connectivity index (χ4v) is 2.61. The predicted octanol–water partition coefficient (Wildman–Crippen LogP) is 3.17. The number of Topliss-reactive ketones (excluding diaryl/α,β-unsaturated/α-hetero) is 2. The van der Waals surface area contributed by atoms with E-state index >= 15 is 0 Å². The van der Waals surface area contributed by atoms with Crippen LogP contribution in [0.1, 0.15) is 26.7 Å². The molecule has 0 radical (unpaired) electrons. The molecule has 0 amide bonds. The van der Waals surface area contributed by atoms with Gasteiger partial charge in [0.15, 0.2) is 5.78 Å². The van der Waals surface area contributed by atoms with Gasteiger partial charge in [-0.2, -0.15) is 0 Å². The highest BCUT2D eigenvalue weighted by Gasteiger charge is 2.33. The Morgan fingerprint density at radius 1 is 1.11 bits per heavy atom. The number of carbonyl (C=O) groups is 2. The summed E-state index contributed by atoms with van der Waals surface area (Å²) in [7, 11) is 0. The van der Waals surface area contributed by atoms with Crippen LogP contribution in [0, 0.1) is 11.8 Å². The molecule has 94 valence electrons. The van der Waals surface area contributed by atoms with Crippen molar-refractivity contribution >= 4 is 11.6 Å². The van der Waals surface area contributed by atoms with Crippen molar-refractivity contribution in [2.75, 3.05) is 0 Å². The molecule has 0 saturated carbocycles. The normalized spacial score (nSPS) is 20.6. The molecule has 18 heavy (non-hydrogen) atoms. The second-order valence-corrected chi connectivity index (χ2v) is 4.94. The second kappa shape index (κ2) is 5.30. The summed E-state index contributed by atoms with van der Waals surface area (Å²) in [5.74, 6) is -0.574. The highest BCUT2D eigenvalue weighted by atomic mass is 16.1. The zero-order chi connectivity index (χ0) is 13.1. The average Bonchev–Trinajstić information content (AvgIpc) is 3.02. The van der Waals surface area contributed by atoms with Crippen LogP contribution in [0.2, 0.25) is 0 Å². The van der Waals surface area contributed by atoms with E-state index < -0.39 is 5.92 Å². The Morgan fingerprint density at radius 2 is 1.78 bits per heavy atom. The van der Waals surface area contributed by atoms with Crippen LogP contribution in [0.15, 0.2) is 47.6 Å². The summed E-state index contributed by atoms with van der Waals surface area (Å²) < 4.78 is 0. The van der Waals surface area contributed by atoms with E-state index in [9.17, 15) is 9.59 Å². The minimum absolute atomic E-state index is 0.00667. The largest absolute Gasteiger partial charge is 0.299 e. The Labute approximate surface area is 108 Å². The number of hydrogen-bond donors (Lipinski definition) is 0. The van der Waals surface area contributed by atoms with E-state index in [1.54, 1.807) is 0 Å². The van der Waals surface area contributed by atoms with E-state index in [2.05, 4.69) is 6.08 Å². The molecule has 2 unspecified atom stereocenters.